The molecule has 2 aliphatic heterocycles. The zero-order valence-corrected chi connectivity index (χ0v) is 17.2. The summed E-state index contributed by atoms with van der Waals surface area (Å²) in [6.45, 7) is 3.42. The molecule has 2 aliphatic rings. The van der Waals surface area contributed by atoms with Crippen molar-refractivity contribution in [3.63, 3.8) is 0 Å². The largest absolute Gasteiger partial charge is 0.378 e. The fraction of sp³-hybridized carbons (Fsp3) is 0.273. The van der Waals surface area contributed by atoms with Crippen LogP contribution in [0.15, 0.2) is 59.8 Å². The highest BCUT2D eigenvalue weighted by molar-refractivity contribution is 7.80. The minimum absolute atomic E-state index is 0.219. The van der Waals surface area contributed by atoms with Gasteiger partial charge in [0, 0.05) is 24.5 Å². The van der Waals surface area contributed by atoms with Crippen molar-refractivity contribution >= 4 is 28.9 Å². The van der Waals surface area contributed by atoms with Gasteiger partial charge in [0.05, 0.1) is 30.4 Å². The molecule has 1 atom stereocenters. The third-order valence-corrected chi connectivity index (χ3v) is 5.62. The second-order valence-electron chi connectivity index (χ2n) is 7.09. The maximum atomic E-state index is 14.7. The first-order valence-electron chi connectivity index (χ1n) is 9.66. The Hall–Kier alpha value is -2.84. The van der Waals surface area contributed by atoms with Gasteiger partial charge in [-0.15, -0.1) is 0 Å². The van der Waals surface area contributed by atoms with Crippen LogP contribution >= 0.6 is 12.2 Å². The smallest absolute Gasteiger partial charge is 0.254 e. The topological polar surface area (TPSA) is 44.8 Å². The van der Waals surface area contributed by atoms with E-state index < -0.39 is 17.7 Å². The van der Waals surface area contributed by atoms with Crippen molar-refractivity contribution < 1.29 is 18.3 Å². The molecule has 0 aliphatic carbocycles. The minimum atomic E-state index is -1.03. The fourth-order valence-corrected chi connectivity index (χ4v) is 4.21. The Morgan fingerprint density at radius 1 is 1.07 bits per heavy atom. The van der Waals surface area contributed by atoms with Gasteiger partial charge >= 0.3 is 0 Å². The number of amides is 1. The number of para-hydroxylation sites is 1. The van der Waals surface area contributed by atoms with Crippen molar-refractivity contribution in [2.75, 3.05) is 31.2 Å². The highest BCUT2D eigenvalue weighted by Crippen LogP contribution is 2.36. The summed E-state index contributed by atoms with van der Waals surface area (Å²) in [5.74, 6) is -1.76. The second kappa shape index (κ2) is 8.49. The van der Waals surface area contributed by atoms with Crippen molar-refractivity contribution in [3.8, 4) is 0 Å². The third-order valence-electron chi connectivity index (χ3n) is 5.32. The van der Waals surface area contributed by atoms with E-state index in [2.05, 4.69) is 5.32 Å². The van der Waals surface area contributed by atoms with Gasteiger partial charge < -0.3 is 15.0 Å². The number of benzene rings is 2. The molecule has 1 amide bonds. The number of hydrogen-bond acceptors (Lipinski definition) is 3. The molecule has 4 rings (SSSR count). The number of anilines is 1. The number of morpholine rings is 1. The molecule has 0 spiro atoms. The summed E-state index contributed by atoms with van der Waals surface area (Å²) in [5.41, 5.74) is 1.34. The van der Waals surface area contributed by atoms with Gasteiger partial charge in [0.2, 0.25) is 0 Å². The first-order chi connectivity index (χ1) is 14.5. The lowest BCUT2D eigenvalue weighted by Crippen LogP contribution is -2.51. The van der Waals surface area contributed by atoms with Gasteiger partial charge in [-0.2, -0.15) is 0 Å². The molecule has 5 nitrogen and oxygen atoms in total. The summed E-state index contributed by atoms with van der Waals surface area (Å²) in [5, 5.41) is 3.27. The van der Waals surface area contributed by atoms with Crippen LogP contribution in [0.3, 0.4) is 0 Å². The van der Waals surface area contributed by atoms with Gasteiger partial charge in [-0.3, -0.25) is 9.69 Å². The molecule has 0 bridgehead atoms. The van der Waals surface area contributed by atoms with Crippen LogP contribution in [0.5, 0.6) is 0 Å². The predicted molar refractivity (Wildman–Crippen MR) is 114 cm³/mol. The second-order valence-corrected chi connectivity index (χ2v) is 7.48. The van der Waals surface area contributed by atoms with E-state index in [0.717, 1.165) is 5.69 Å². The first-order valence-corrected chi connectivity index (χ1v) is 10.1. The van der Waals surface area contributed by atoms with Crippen LogP contribution in [0.25, 0.3) is 0 Å². The van der Waals surface area contributed by atoms with E-state index in [-0.39, 0.29) is 22.2 Å². The monoisotopic (exact) mass is 429 g/mol. The van der Waals surface area contributed by atoms with E-state index in [0.29, 0.717) is 32.0 Å². The van der Waals surface area contributed by atoms with Crippen LogP contribution in [0, 0.1) is 11.6 Å². The predicted octanol–water partition coefficient (Wildman–Crippen LogP) is 3.53. The maximum Gasteiger partial charge on any atom is 0.254 e. The van der Waals surface area contributed by atoms with Crippen molar-refractivity contribution in [2.45, 2.75) is 13.0 Å². The molecule has 8 heteroatoms. The van der Waals surface area contributed by atoms with Crippen molar-refractivity contribution in [1.82, 2.24) is 10.2 Å². The number of halogens is 2. The Labute approximate surface area is 178 Å². The Morgan fingerprint density at radius 2 is 1.70 bits per heavy atom. The van der Waals surface area contributed by atoms with Crippen LogP contribution in [0.4, 0.5) is 14.5 Å². The van der Waals surface area contributed by atoms with Gasteiger partial charge in [0.25, 0.3) is 5.91 Å². The quantitative estimate of drug-likeness (QED) is 0.757. The zero-order valence-electron chi connectivity index (χ0n) is 16.4. The van der Waals surface area contributed by atoms with Crippen LogP contribution in [-0.2, 0) is 9.53 Å². The van der Waals surface area contributed by atoms with Crippen molar-refractivity contribution in [1.29, 1.82) is 0 Å². The van der Waals surface area contributed by atoms with Crippen LogP contribution in [-0.4, -0.2) is 42.2 Å². The van der Waals surface area contributed by atoms with Crippen LogP contribution in [0.2, 0.25) is 0 Å². The number of nitrogens with one attached hydrogen (secondary N) is 1. The van der Waals surface area contributed by atoms with Gasteiger partial charge in [-0.05, 0) is 43.4 Å². The average molecular weight is 429 g/mol. The zero-order chi connectivity index (χ0) is 21.3. The van der Waals surface area contributed by atoms with Crippen molar-refractivity contribution in [2.24, 2.45) is 0 Å². The summed E-state index contributed by atoms with van der Waals surface area (Å²) >= 11 is 5.54. The van der Waals surface area contributed by atoms with Gasteiger partial charge in [0.15, 0.2) is 5.11 Å². The molecule has 2 aromatic carbocycles. The van der Waals surface area contributed by atoms with E-state index in [4.69, 9.17) is 17.0 Å². The van der Waals surface area contributed by atoms with E-state index in [1.54, 1.807) is 16.7 Å². The Balaban J connectivity index is 1.86. The standard InChI is InChI=1S/C22H21F2N3O2S/c1-14-18(21(28)26-10-12-29-13-11-26)20(19-16(23)8-5-9-17(19)24)25-22(30)27(14)15-6-3-2-4-7-15/h2-9,20H,10-13H2,1H3,(H,25,30)/t20-/m1/s1. The number of allylic oxidation sites excluding steroid dienone is 1. The summed E-state index contributed by atoms with van der Waals surface area (Å²) in [4.78, 5) is 16.9. The molecule has 0 unspecified atom stereocenters. The van der Waals surface area contributed by atoms with E-state index in [1.165, 1.54) is 18.2 Å². The molecule has 0 aromatic heterocycles. The van der Waals surface area contributed by atoms with Crippen LogP contribution in [0.1, 0.15) is 18.5 Å². The molecule has 0 saturated carbocycles. The molecular formula is C22H21F2N3O2S. The van der Waals surface area contributed by atoms with Crippen molar-refractivity contribution in [3.05, 3.63) is 77.0 Å². The number of nitrogens with zero attached hydrogens (tertiary/aromatic N) is 2. The Morgan fingerprint density at radius 3 is 2.33 bits per heavy atom. The number of rotatable bonds is 3. The lowest BCUT2D eigenvalue weighted by molar-refractivity contribution is -0.131. The molecular weight excluding hydrogens is 408 g/mol. The molecule has 30 heavy (non-hydrogen) atoms. The highest BCUT2D eigenvalue weighted by Gasteiger charge is 2.39. The maximum absolute atomic E-state index is 14.7. The number of carbonyl (C=O) groups is 1. The summed E-state index contributed by atoms with van der Waals surface area (Å²) in [6, 6.07) is 11.9. The summed E-state index contributed by atoms with van der Waals surface area (Å²) in [7, 11) is 0. The highest BCUT2D eigenvalue weighted by atomic mass is 32.1. The molecule has 2 heterocycles. The number of hydrogen-bond donors (Lipinski definition) is 1. The van der Waals surface area contributed by atoms with Gasteiger partial charge in [-0.1, -0.05) is 24.3 Å². The molecule has 0 radical (unpaired) electrons. The Bertz CT molecular complexity index is 986. The molecule has 1 saturated heterocycles. The number of thiocarbonyl (C=S) groups is 1. The lowest BCUT2D eigenvalue weighted by Gasteiger charge is -2.40. The lowest BCUT2D eigenvalue weighted by atomic mass is 9.92. The van der Waals surface area contributed by atoms with Gasteiger partial charge in [-0.25, -0.2) is 8.78 Å². The normalized spacial score (nSPS) is 19.7. The molecule has 1 fully saturated rings. The number of ether oxygens (including phenoxy) is 1. The number of carbonyl (C=O) groups excluding carboxylic acids is 1. The fourth-order valence-electron chi connectivity index (χ4n) is 3.85. The van der Waals surface area contributed by atoms with E-state index in [1.807, 2.05) is 30.3 Å². The van der Waals surface area contributed by atoms with E-state index in [9.17, 15) is 13.6 Å². The molecule has 2 aromatic rings. The van der Waals surface area contributed by atoms with Gasteiger partial charge in [0.1, 0.15) is 11.6 Å². The summed E-state index contributed by atoms with van der Waals surface area (Å²) in [6.07, 6.45) is 0. The average Bonchev–Trinajstić information content (AvgIpc) is 2.74. The minimum Gasteiger partial charge on any atom is -0.378 e. The SMILES string of the molecule is CC1=C(C(=O)N2CCOCC2)[C@H](c2c(F)cccc2F)NC(=S)N1c1ccccc1. The first kappa shape index (κ1) is 20.4. The van der Waals surface area contributed by atoms with Crippen LogP contribution < -0.4 is 10.2 Å². The summed E-state index contributed by atoms with van der Waals surface area (Å²) < 4.78 is 34.7. The Kier molecular flexibility index (Phi) is 5.78. The van der Waals surface area contributed by atoms with E-state index >= 15 is 0 Å². The molecule has 156 valence electrons. The third kappa shape index (κ3) is 3.68. The molecule has 1 N–H and O–H groups in total.